The maximum Gasteiger partial charge on any atom is 0.192 e. The molecule has 0 saturated heterocycles. The van der Waals surface area contributed by atoms with Crippen LogP contribution in [0.4, 0.5) is 0 Å². The summed E-state index contributed by atoms with van der Waals surface area (Å²) < 4.78 is 13.4. The summed E-state index contributed by atoms with van der Waals surface area (Å²) in [4.78, 5) is 0. The van der Waals surface area contributed by atoms with E-state index >= 15 is 0 Å². The molecular formula is C30H52O2Si2. The van der Waals surface area contributed by atoms with E-state index in [9.17, 15) is 0 Å². The van der Waals surface area contributed by atoms with Gasteiger partial charge < -0.3 is 8.85 Å². The highest BCUT2D eigenvalue weighted by atomic mass is 28.4. The van der Waals surface area contributed by atoms with Crippen LogP contribution in [0.25, 0.3) is 0 Å². The molecule has 0 atom stereocenters. The lowest BCUT2D eigenvalue weighted by molar-refractivity contribution is 0.308. The number of rotatable bonds is 6. The van der Waals surface area contributed by atoms with Gasteiger partial charge >= 0.3 is 0 Å². The average Bonchev–Trinajstić information content (AvgIpc) is 3.41. The summed E-state index contributed by atoms with van der Waals surface area (Å²) in [6.07, 6.45) is 10.1. The molecule has 0 unspecified atom stereocenters. The second-order valence-corrected chi connectivity index (χ2v) is 23.2. The Morgan fingerprint density at radius 1 is 0.618 bits per heavy atom. The van der Waals surface area contributed by atoms with Crippen molar-refractivity contribution in [3.8, 4) is 23.7 Å². The van der Waals surface area contributed by atoms with E-state index in [4.69, 9.17) is 8.85 Å². The molecule has 4 heteroatoms. The SMILES string of the molecule is CC(C)(C)[Si](C)(C)OC/C(C#CC1CCCC1)=C(\C#CC1CCCC1)CO[Si](C)(C)C(C)(C)C. The lowest BCUT2D eigenvalue weighted by atomic mass is 10.0. The molecule has 0 aromatic rings. The molecule has 34 heavy (non-hydrogen) atoms. The Labute approximate surface area is 214 Å². The fourth-order valence-electron chi connectivity index (χ4n) is 3.85. The third-order valence-corrected chi connectivity index (χ3v) is 17.7. The van der Waals surface area contributed by atoms with E-state index in [-0.39, 0.29) is 10.1 Å². The minimum Gasteiger partial charge on any atom is -0.412 e. The number of hydrogen-bond acceptors (Lipinski definition) is 2. The molecule has 0 radical (unpaired) electrons. The maximum atomic E-state index is 6.69. The topological polar surface area (TPSA) is 18.5 Å². The fourth-order valence-corrected chi connectivity index (χ4v) is 5.73. The van der Waals surface area contributed by atoms with Crippen LogP contribution in [0.15, 0.2) is 11.1 Å². The van der Waals surface area contributed by atoms with Crippen LogP contribution in [-0.2, 0) is 8.85 Å². The van der Waals surface area contributed by atoms with Gasteiger partial charge in [0.25, 0.3) is 0 Å². The molecule has 2 aliphatic rings. The van der Waals surface area contributed by atoms with Crippen molar-refractivity contribution in [2.75, 3.05) is 13.2 Å². The normalized spacial score (nSPS) is 19.4. The van der Waals surface area contributed by atoms with Gasteiger partial charge in [0.15, 0.2) is 16.6 Å². The van der Waals surface area contributed by atoms with Crippen molar-refractivity contribution in [2.45, 2.75) is 129 Å². The highest BCUT2D eigenvalue weighted by Crippen LogP contribution is 2.38. The minimum atomic E-state index is -1.89. The van der Waals surface area contributed by atoms with Gasteiger partial charge in [0.2, 0.25) is 0 Å². The van der Waals surface area contributed by atoms with Crippen molar-refractivity contribution in [3.63, 3.8) is 0 Å². The van der Waals surface area contributed by atoms with Crippen molar-refractivity contribution in [1.82, 2.24) is 0 Å². The first-order valence-corrected chi connectivity index (χ1v) is 19.5. The summed E-state index contributed by atoms with van der Waals surface area (Å²) in [5.41, 5.74) is 2.14. The predicted octanol–water partition coefficient (Wildman–Crippen LogP) is 8.71. The van der Waals surface area contributed by atoms with E-state index < -0.39 is 16.6 Å². The summed E-state index contributed by atoms with van der Waals surface area (Å²) in [6.45, 7) is 24.2. The summed E-state index contributed by atoms with van der Waals surface area (Å²) in [6, 6.07) is 0. The fraction of sp³-hybridized carbons (Fsp3) is 0.800. The van der Waals surface area contributed by atoms with Gasteiger partial charge in [-0.15, -0.1) is 0 Å². The third-order valence-electron chi connectivity index (χ3n) is 8.70. The van der Waals surface area contributed by atoms with E-state index in [1.165, 1.54) is 51.4 Å². The molecule has 0 heterocycles. The zero-order valence-corrected chi connectivity index (χ0v) is 26.0. The van der Waals surface area contributed by atoms with Crippen LogP contribution < -0.4 is 0 Å². The molecular weight excluding hydrogens is 449 g/mol. The molecule has 2 nitrogen and oxygen atoms in total. The van der Waals surface area contributed by atoms with Crippen molar-refractivity contribution < 1.29 is 8.85 Å². The number of hydrogen-bond donors (Lipinski definition) is 0. The molecule has 0 amide bonds. The van der Waals surface area contributed by atoms with Crippen LogP contribution in [-0.4, -0.2) is 29.8 Å². The molecule has 0 aliphatic heterocycles. The van der Waals surface area contributed by atoms with E-state index in [1.807, 2.05) is 0 Å². The first kappa shape index (κ1) is 29.4. The molecule has 2 aliphatic carbocycles. The summed E-state index contributed by atoms with van der Waals surface area (Å²) >= 11 is 0. The Hall–Kier alpha value is -0.786. The van der Waals surface area contributed by atoms with Crippen LogP contribution in [0, 0.1) is 35.5 Å². The van der Waals surface area contributed by atoms with E-state index in [0.29, 0.717) is 25.0 Å². The van der Waals surface area contributed by atoms with Crippen molar-refractivity contribution in [2.24, 2.45) is 11.8 Å². The highest BCUT2D eigenvalue weighted by Gasteiger charge is 2.38. The summed E-state index contributed by atoms with van der Waals surface area (Å²) in [5.74, 6) is 15.5. The van der Waals surface area contributed by atoms with Crippen LogP contribution in [0.1, 0.15) is 92.9 Å². The van der Waals surface area contributed by atoms with Gasteiger partial charge in [0.1, 0.15) is 0 Å². The third kappa shape index (κ3) is 8.70. The zero-order valence-electron chi connectivity index (χ0n) is 24.0. The monoisotopic (exact) mass is 500 g/mol. The molecule has 192 valence electrons. The minimum absolute atomic E-state index is 0.171. The second-order valence-electron chi connectivity index (χ2n) is 13.6. The molecule has 2 fully saturated rings. The molecule has 0 bridgehead atoms. The highest BCUT2D eigenvalue weighted by molar-refractivity contribution is 6.74. The lowest BCUT2D eigenvalue weighted by Gasteiger charge is -2.37. The zero-order chi connectivity index (χ0) is 25.6. The summed E-state index contributed by atoms with van der Waals surface area (Å²) in [7, 11) is -3.79. The molecule has 2 saturated carbocycles. The van der Waals surface area contributed by atoms with Gasteiger partial charge in [-0.2, -0.15) is 0 Å². The molecule has 0 aromatic heterocycles. The van der Waals surface area contributed by atoms with Gasteiger partial charge in [-0.25, -0.2) is 0 Å². The van der Waals surface area contributed by atoms with Crippen molar-refractivity contribution in [1.29, 1.82) is 0 Å². The maximum absolute atomic E-state index is 6.69. The van der Waals surface area contributed by atoms with Crippen molar-refractivity contribution >= 4 is 16.6 Å². The van der Waals surface area contributed by atoms with E-state index in [1.54, 1.807) is 0 Å². The van der Waals surface area contributed by atoms with Gasteiger partial charge in [0.05, 0.1) is 13.2 Å². The molecule has 0 spiro atoms. The largest absolute Gasteiger partial charge is 0.412 e. The van der Waals surface area contributed by atoms with Crippen molar-refractivity contribution in [3.05, 3.63) is 11.1 Å². The van der Waals surface area contributed by atoms with Crippen LogP contribution in [0.2, 0.25) is 36.3 Å². The second kappa shape index (κ2) is 12.0. The smallest absolute Gasteiger partial charge is 0.192 e. The Morgan fingerprint density at radius 3 is 1.18 bits per heavy atom. The molecule has 2 rings (SSSR count). The van der Waals surface area contributed by atoms with Gasteiger partial charge in [0, 0.05) is 23.0 Å². The van der Waals surface area contributed by atoms with E-state index in [2.05, 4.69) is 91.4 Å². The van der Waals surface area contributed by atoms with E-state index in [0.717, 1.165) is 11.1 Å². The van der Waals surface area contributed by atoms with Crippen LogP contribution >= 0.6 is 0 Å². The van der Waals surface area contributed by atoms with Gasteiger partial charge in [-0.3, -0.25) is 0 Å². The molecule has 0 N–H and O–H groups in total. The summed E-state index contributed by atoms with van der Waals surface area (Å²) in [5, 5.41) is 0.342. The standard InChI is InChI=1S/C30H52O2Si2/c1-29(2,3)33(7,8)31-23-27(21-19-25-15-11-12-16-25)28(22-20-26-17-13-14-18-26)24-32-34(9,10)30(4,5)6/h25-26H,11-18,23-24H2,1-10H3/b28-27+. The average molecular weight is 501 g/mol. The Balaban J connectivity index is 2.42. The Kier molecular flexibility index (Phi) is 10.4. The first-order chi connectivity index (χ1) is 15.6. The Bertz CT molecular complexity index is 749. The van der Waals surface area contributed by atoms with Crippen LogP contribution in [0.5, 0.6) is 0 Å². The van der Waals surface area contributed by atoms with Gasteiger partial charge in [-0.1, -0.05) is 90.9 Å². The molecule has 0 aromatic carbocycles. The predicted molar refractivity (Wildman–Crippen MR) is 153 cm³/mol. The first-order valence-electron chi connectivity index (χ1n) is 13.7. The van der Waals surface area contributed by atoms with Gasteiger partial charge in [-0.05, 0) is 61.9 Å². The Morgan fingerprint density at radius 2 is 0.912 bits per heavy atom. The van der Waals surface area contributed by atoms with Crippen LogP contribution in [0.3, 0.4) is 0 Å². The quantitative estimate of drug-likeness (QED) is 0.268. The lowest BCUT2D eigenvalue weighted by Crippen LogP contribution is -2.42.